The third-order valence-corrected chi connectivity index (χ3v) is 7.38. The van der Waals surface area contributed by atoms with Gasteiger partial charge in [-0.1, -0.05) is 18.2 Å². The van der Waals surface area contributed by atoms with Crippen LogP contribution < -0.4 is 15.8 Å². The van der Waals surface area contributed by atoms with Gasteiger partial charge in [0.1, 0.15) is 11.6 Å². The molecule has 3 N–H and O–H groups in total. The van der Waals surface area contributed by atoms with Gasteiger partial charge >= 0.3 is 12.1 Å². The predicted octanol–water partition coefficient (Wildman–Crippen LogP) is 4.65. The van der Waals surface area contributed by atoms with Gasteiger partial charge in [0.25, 0.3) is 5.91 Å². The summed E-state index contributed by atoms with van der Waals surface area (Å²) in [6.07, 6.45) is 0.809. The van der Waals surface area contributed by atoms with Crippen molar-refractivity contribution in [3.05, 3.63) is 89.6 Å². The third-order valence-electron chi connectivity index (χ3n) is 7.38. The van der Waals surface area contributed by atoms with E-state index in [-0.39, 0.29) is 78.3 Å². The van der Waals surface area contributed by atoms with E-state index < -0.39 is 24.2 Å². The molecular weight excluding hydrogens is 636 g/mol. The molecule has 0 aliphatic carbocycles. The van der Waals surface area contributed by atoms with Gasteiger partial charge in [0, 0.05) is 36.1 Å². The molecule has 14 nitrogen and oxygen atoms in total. The highest BCUT2D eigenvalue weighted by molar-refractivity contribution is 6.12. The molecule has 0 saturated carbocycles. The van der Waals surface area contributed by atoms with E-state index in [1.54, 1.807) is 43.2 Å². The Balaban J connectivity index is 1.74. The van der Waals surface area contributed by atoms with Crippen molar-refractivity contribution >= 4 is 41.3 Å². The summed E-state index contributed by atoms with van der Waals surface area (Å²) in [4.78, 5) is 68.7. The first-order chi connectivity index (χ1) is 23.6. The number of aliphatic imine (C=N–C) groups is 1. The van der Waals surface area contributed by atoms with Gasteiger partial charge in [0.15, 0.2) is 18.4 Å². The Morgan fingerprint density at radius 2 is 1.90 bits per heavy atom. The van der Waals surface area contributed by atoms with Gasteiger partial charge < -0.3 is 39.3 Å². The second-order valence-electron chi connectivity index (χ2n) is 11.1. The summed E-state index contributed by atoms with van der Waals surface area (Å²) >= 11 is 0. The van der Waals surface area contributed by atoms with Gasteiger partial charge in [-0.15, -0.1) is 0 Å². The average Bonchev–Trinajstić information content (AvgIpc) is 3.63. The van der Waals surface area contributed by atoms with Crippen LogP contribution >= 0.6 is 0 Å². The van der Waals surface area contributed by atoms with E-state index in [9.17, 15) is 24.0 Å². The van der Waals surface area contributed by atoms with E-state index in [0.29, 0.717) is 18.4 Å². The molecule has 0 radical (unpaired) electrons. The van der Waals surface area contributed by atoms with Crippen LogP contribution in [0, 0.1) is 0 Å². The smallest absolute Gasteiger partial charge is 0.435 e. The zero-order chi connectivity index (χ0) is 35.3. The van der Waals surface area contributed by atoms with Gasteiger partial charge in [-0.2, -0.15) is 4.99 Å². The number of likely N-dealkylation sites (tertiary alicyclic amines) is 1. The Hall–Kier alpha value is -5.72. The minimum atomic E-state index is -0.953. The van der Waals surface area contributed by atoms with E-state index in [1.807, 2.05) is 13.8 Å². The summed E-state index contributed by atoms with van der Waals surface area (Å²) in [5.74, 6) is -0.543. The van der Waals surface area contributed by atoms with Gasteiger partial charge in [-0.25, -0.2) is 14.4 Å². The molecule has 0 spiro atoms. The fourth-order valence-corrected chi connectivity index (χ4v) is 5.26. The summed E-state index contributed by atoms with van der Waals surface area (Å²) in [5.41, 5.74) is 6.93. The molecule has 0 bridgehead atoms. The van der Waals surface area contributed by atoms with E-state index >= 15 is 0 Å². The zero-order valence-electron chi connectivity index (χ0n) is 27.4. The summed E-state index contributed by atoms with van der Waals surface area (Å²) < 4.78 is 27.3. The van der Waals surface area contributed by atoms with Crippen LogP contribution in [0.4, 0.5) is 10.5 Å². The first-order valence-electron chi connectivity index (χ1n) is 15.7. The number of amides is 3. The van der Waals surface area contributed by atoms with Crippen molar-refractivity contribution in [3.8, 4) is 5.75 Å². The molecule has 49 heavy (non-hydrogen) atoms. The first-order valence-corrected chi connectivity index (χ1v) is 15.7. The highest BCUT2D eigenvalue weighted by Gasteiger charge is 2.34. The maximum absolute atomic E-state index is 13.8. The topological polar surface area (TPSA) is 189 Å². The molecule has 2 unspecified atom stereocenters. The second kappa shape index (κ2) is 17.4. The summed E-state index contributed by atoms with van der Waals surface area (Å²) in [7, 11) is 0. The highest BCUT2D eigenvalue weighted by Crippen LogP contribution is 2.34. The number of nitrogens with two attached hydrogens (primary N) is 1. The van der Waals surface area contributed by atoms with Crippen molar-refractivity contribution in [2.45, 2.75) is 64.9 Å². The number of carbonyl (C=O) groups is 4. The molecule has 1 aliphatic rings. The summed E-state index contributed by atoms with van der Waals surface area (Å²) in [6, 6.07) is 14.1. The van der Waals surface area contributed by atoms with Crippen LogP contribution in [0.2, 0.25) is 0 Å². The van der Waals surface area contributed by atoms with Crippen LogP contribution in [0.1, 0.15) is 72.1 Å². The molecule has 1 aliphatic heterocycles. The Morgan fingerprint density at radius 3 is 2.57 bits per heavy atom. The van der Waals surface area contributed by atoms with Gasteiger partial charge in [0.2, 0.25) is 11.7 Å². The van der Waals surface area contributed by atoms with Crippen molar-refractivity contribution < 1.29 is 47.3 Å². The molecule has 1 fully saturated rings. The van der Waals surface area contributed by atoms with E-state index in [0.717, 1.165) is 6.26 Å². The number of rotatable bonds is 13. The second-order valence-corrected chi connectivity index (χ2v) is 11.1. The summed E-state index contributed by atoms with van der Waals surface area (Å²) in [6.45, 7) is 5.75. The molecular formula is C35H38N4O10. The number of benzene rings is 2. The molecule has 2 heterocycles. The zero-order valence-corrected chi connectivity index (χ0v) is 27.4. The predicted molar refractivity (Wildman–Crippen MR) is 177 cm³/mol. The molecule has 1 saturated heterocycles. The van der Waals surface area contributed by atoms with Gasteiger partial charge in [-0.05, 0) is 70.0 Å². The number of anilines is 1. The van der Waals surface area contributed by atoms with E-state index in [2.05, 4.69) is 10.3 Å². The maximum Gasteiger partial charge on any atom is 0.435 e. The monoisotopic (exact) mass is 674 g/mol. The standard InChI is InChI=1S/C35H38N4O10/c1-4-45-35(44)38-32(36)26-12-14-27(49-34(43)28-11-8-19-46-28)25(31(26)37-33(42)23-9-6-5-7-10-23)13-15-29(41)39-17-16-24(48-22(2)3)21-30(39)47-20-18-40/h5-12,14,19-20,22,24,30H,4,13,15-17,21H2,1-3H3,(H,37,42)(H2,36,38,44). The lowest BCUT2D eigenvalue weighted by Gasteiger charge is -2.38. The molecule has 3 amide bonds. The third kappa shape index (κ3) is 9.89. The maximum atomic E-state index is 13.8. The van der Waals surface area contributed by atoms with Crippen LogP contribution in [0.5, 0.6) is 5.75 Å². The van der Waals surface area contributed by atoms with Crippen LogP contribution in [-0.4, -0.2) is 72.1 Å². The number of amidine groups is 1. The van der Waals surface area contributed by atoms with Crippen LogP contribution in [0.3, 0.4) is 0 Å². The van der Waals surface area contributed by atoms with Crippen LogP contribution in [0.15, 0.2) is 76.5 Å². The Labute approximate surface area is 282 Å². The number of piperidine rings is 1. The first kappa shape index (κ1) is 36.1. The minimum absolute atomic E-state index is 0.00836. The Bertz CT molecular complexity index is 1700. The van der Waals surface area contributed by atoms with Crippen molar-refractivity contribution in [1.29, 1.82) is 0 Å². The van der Waals surface area contributed by atoms with Gasteiger partial charge in [-0.3, -0.25) is 9.59 Å². The van der Waals surface area contributed by atoms with Crippen molar-refractivity contribution in [1.82, 2.24) is 4.90 Å². The van der Waals surface area contributed by atoms with Crippen molar-refractivity contribution in [2.75, 3.05) is 18.5 Å². The lowest BCUT2D eigenvalue weighted by molar-refractivity contribution is -0.154. The molecule has 3 aromatic rings. The van der Waals surface area contributed by atoms with Crippen LogP contribution in [0.25, 0.3) is 0 Å². The number of nitrogens with zero attached hydrogens (tertiary/aromatic N) is 2. The largest absolute Gasteiger partial charge is 0.466 e. The number of hydrogen-bond acceptors (Lipinski definition) is 10. The number of furan rings is 1. The molecule has 4 rings (SSSR count). The number of esters is 1. The molecule has 2 atom stereocenters. The van der Waals surface area contributed by atoms with Crippen LogP contribution in [-0.2, 0) is 30.2 Å². The fourth-order valence-electron chi connectivity index (χ4n) is 5.26. The highest BCUT2D eigenvalue weighted by atomic mass is 16.6. The van der Waals surface area contributed by atoms with E-state index in [1.165, 1.54) is 35.4 Å². The summed E-state index contributed by atoms with van der Waals surface area (Å²) in [5, 5.41) is 2.81. The lowest BCUT2D eigenvalue weighted by Crippen LogP contribution is -2.49. The number of hydrogen-bond donors (Lipinski definition) is 2. The SMILES string of the molecule is CCOC(=O)N=C(N)c1ccc(OC(=O)c2ccco2)c(CCC(=O)N2CCC(OC(C)C)CC2OC=C=O)c1NC(=O)c1ccccc1. The number of nitrogens with one attached hydrogen (secondary N) is 1. The molecule has 2 aromatic carbocycles. The molecule has 258 valence electrons. The lowest BCUT2D eigenvalue weighted by atomic mass is 9.99. The quantitative estimate of drug-likeness (QED) is 0.0641. The molecule has 1 aromatic heterocycles. The average molecular weight is 675 g/mol. The minimum Gasteiger partial charge on any atom is -0.466 e. The van der Waals surface area contributed by atoms with Gasteiger partial charge in [0.05, 0.1) is 30.8 Å². The molecule has 14 heteroatoms. The Morgan fingerprint density at radius 1 is 1.12 bits per heavy atom. The van der Waals surface area contributed by atoms with Crippen molar-refractivity contribution in [2.24, 2.45) is 10.7 Å². The normalized spacial score (nSPS) is 16.0. The Kier molecular flexibility index (Phi) is 12.9. The number of carbonyl (C=O) groups excluding carboxylic acids is 5. The van der Waals surface area contributed by atoms with Crippen molar-refractivity contribution in [3.63, 3.8) is 0 Å². The fraction of sp³-hybridized carbons (Fsp3) is 0.343. The number of ether oxygens (including phenoxy) is 4. The van der Waals surface area contributed by atoms with E-state index in [4.69, 9.17) is 29.1 Å².